The molecule has 0 atom stereocenters. The van der Waals surface area contributed by atoms with Gasteiger partial charge in [-0.05, 0) is 104 Å². The summed E-state index contributed by atoms with van der Waals surface area (Å²) in [5, 5.41) is 6.74. The van der Waals surface area contributed by atoms with E-state index in [1.165, 1.54) is 22.1 Å². The number of furan rings is 2. The van der Waals surface area contributed by atoms with Crippen LogP contribution in [0.3, 0.4) is 0 Å². The second-order valence-corrected chi connectivity index (χ2v) is 14.0. The average molecular weight is 689 g/mol. The zero-order chi connectivity index (χ0) is 35.6. The molecule has 0 saturated carbocycles. The first-order chi connectivity index (χ1) is 26.8. The summed E-state index contributed by atoms with van der Waals surface area (Å²) >= 11 is 0. The largest absolute Gasteiger partial charge is 0.456 e. The molecule has 11 rings (SSSR count). The third-order valence-corrected chi connectivity index (χ3v) is 10.8. The van der Waals surface area contributed by atoms with Crippen molar-refractivity contribution >= 4 is 54.6 Å². The second-order valence-electron chi connectivity index (χ2n) is 14.0. The van der Waals surface area contributed by atoms with Crippen LogP contribution >= 0.6 is 0 Å². The summed E-state index contributed by atoms with van der Waals surface area (Å²) in [5.41, 5.74) is 15.0. The van der Waals surface area contributed by atoms with E-state index in [0.29, 0.717) is 0 Å². The summed E-state index contributed by atoms with van der Waals surface area (Å²) < 4.78 is 13.5. The smallest absolute Gasteiger partial charge is 0.144 e. The van der Waals surface area contributed by atoms with Gasteiger partial charge < -0.3 is 8.83 Å². The lowest BCUT2D eigenvalue weighted by Crippen LogP contribution is -1.91. The molecule has 0 bridgehead atoms. The zero-order valence-corrected chi connectivity index (χ0v) is 29.3. The van der Waals surface area contributed by atoms with Crippen LogP contribution in [0, 0.1) is 0 Å². The zero-order valence-electron chi connectivity index (χ0n) is 29.3. The number of rotatable bonds is 5. The molecule has 0 saturated heterocycles. The van der Waals surface area contributed by atoms with Gasteiger partial charge in [0.15, 0.2) is 0 Å². The van der Waals surface area contributed by atoms with Crippen molar-refractivity contribution in [3.05, 3.63) is 194 Å². The van der Waals surface area contributed by atoms with Crippen molar-refractivity contribution in [2.75, 3.05) is 0 Å². The van der Waals surface area contributed by atoms with Crippen LogP contribution < -0.4 is 0 Å². The van der Waals surface area contributed by atoms with Gasteiger partial charge in [-0.3, -0.25) is 0 Å². The third-order valence-electron chi connectivity index (χ3n) is 10.8. The summed E-state index contributed by atoms with van der Waals surface area (Å²) in [5.74, 6) is 0. The van der Waals surface area contributed by atoms with Crippen LogP contribution in [0.4, 0.5) is 0 Å². The van der Waals surface area contributed by atoms with Crippen LogP contribution in [-0.4, -0.2) is 0 Å². The third kappa shape index (κ3) is 4.88. The molecule has 0 radical (unpaired) electrons. The Morgan fingerprint density at radius 3 is 1.43 bits per heavy atom. The van der Waals surface area contributed by atoms with Crippen LogP contribution in [0.25, 0.3) is 110 Å². The van der Waals surface area contributed by atoms with Gasteiger partial charge >= 0.3 is 0 Å². The first kappa shape index (κ1) is 30.5. The van der Waals surface area contributed by atoms with Crippen LogP contribution in [0.15, 0.2) is 203 Å². The molecule has 2 heterocycles. The average Bonchev–Trinajstić information content (AvgIpc) is 3.81. The Morgan fingerprint density at radius 1 is 0.241 bits per heavy atom. The highest BCUT2D eigenvalue weighted by Crippen LogP contribution is 2.49. The lowest BCUT2D eigenvalue weighted by molar-refractivity contribution is 0.669. The highest BCUT2D eigenvalue weighted by atomic mass is 16.3. The summed E-state index contributed by atoms with van der Waals surface area (Å²) in [4.78, 5) is 0. The standard InChI is InChI=1S/C52H32O2/c1-4-14-33(15-5-1)36-24-26-41-45-31-37(25-27-47(45)53-48(41)32-36)49-42-20-10-11-21-43(42)50(52-51(49)44-22-12-13-23-46(44)54-52)40-29-38(34-16-6-2-7-17-34)28-39(30-40)35-18-8-3-9-19-35/h1-32H. The Morgan fingerprint density at radius 2 is 0.759 bits per heavy atom. The number of fused-ring (bicyclic) bond motifs is 7. The number of para-hydroxylation sites is 1. The Hall–Kier alpha value is -7.16. The summed E-state index contributed by atoms with van der Waals surface area (Å²) in [6.45, 7) is 0. The minimum atomic E-state index is 0.871. The summed E-state index contributed by atoms with van der Waals surface area (Å²) in [7, 11) is 0. The van der Waals surface area contributed by atoms with Gasteiger partial charge in [0.25, 0.3) is 0 Å². The summed E-state index contributed by atoms with van der Waals surface area (Å²) in [6, 6.07) is 69.1. The molecule has 0 unspecified atom stereocenters. The topological polar surface area (TPSA) is 26.3 Å². The maximum Gasteiger partial charge on any atom is 0.144 e. The Kier molecular flexibility index (Phi) is 6.90. The number of benzene rings is 9. The molecule has 54 heavy (non-hydrogen) atoms. The maximum atomic E-state index is 6.98. The molecule has 0 aliphatic rings. The van der Waals surface area contributed by atoms with Crippen molar-refractivity contribution in [2.24, 2.45) is 0 Å². The molecule has 2 aromatic heterocycles. The van der Waals surface area contributed by atoms with Gasteiger partial charge in [-0.25, -0.2) is 0 Å². The Bertz CT molecular complexity index is 3130. The molecule has 2 heteroatoms. The fraction of sp³-hybridized carbons (Fsp3) is 0. The van der Waals surface area contributed by atoms with E-state index in [-0.39, 0.29) is 0 Å². The quantitative estimate of drug-likeness (QED) is 0.180. The minimum absolute atomic E-state index is 0.871. The first-order valence-electron chi connectivity index (χ1n) is 18.4. The molecule has 2 nitrogen and oxygen atoms in total. The van der Waals surface area contributed by atoms with Gasteiger partial charge in [-0.15, -0.1) is 0 Å². The van der Waals surface area contributed by atoms with Gasteiger partial charge in [0.1, 0.15) is 22.3 Å². The predicted molar refractivity (Wildman–Crippen MR) is 226 cm³/mol. The highest BCUT2D eigenvalue weighted by molar-refractivity contribution is 6.27. The normalized spacial score (nSPS) is 11.7. The lowest BCUT2D eigenvalue weighted by atomic mass is 9.86. The minimum Gasteiger partial charge on any atom is -0.456 e. The van der Waals surface area contributed by atoms with E-state index in [0.717, 1.165) is 88.2 Å². The molecule has 11 aromatic rings. The van der Waals surface area contributed by atoms with E-state index in [1.807, 2.05) is 6.07 Å². The molecular formula is C52H32O2. The fourth-order valence-corrected chi connectivity index (χ4v) is 8.34. The number of hydrogen-bond acceptors (Lipinski definition) is 2. The van der Waals surface area contributed by atoms with Gasteiger partial charge in [0.05, 0.1) is 0 Å². The molecule has 9 aromatic carbocycles. The van der Waals surface area contributed by atoms with Crippen molar-refractivity contribution in [1.29, 1.82) is 0 Å². The van der Waals surface area contributed by atoms with Crippen molar-refractivity contribution in [1.82, 2.24) is 0 Å². The van der Waals surface area contributed by atoms with Gasteiger partial charge in [0.2, 0.25) is 0 Å². The number of hydrogen-bond donors (Lipinski definition) is 0. The molecule has 0 fully saturated rings. The van der Waals surface area contributed by atoms with E-state index in [1.54, 1.807) is 0 Å². The SMILES string of the molecule is c1ccc(-c2cc(-c3ccccc3)cc(-c3c4ccccc4c(-c4ccc5oc6cc(-c7ccccc7)ccc6c5c4)c4c3oc3ccccc34)c2)cc1. The fourth-order valence-electron chi connectivity index (χ4n) is 8.34. The predicted octanol–water partition coefficient (Wildman–Crippen LogP) is 15.0. The van der Waals surface area contributed by atoms with Crippen molar-refractivity contribution in [2.45, 2.75) is 0 Å². The van der Waals surface area contributed by atoms with E-state index in [2.05, 4.69) is 188 Å². The molecule has 0 amide bonds. The molecule has 0 N–H and O–H groups in total. The monoisotopic (exact) mass is 688 g/mol. The molecule has 0 aliphatic heterocycles. The Balaban J connectivity index is 1.20. The van der Waals surface area contributed by atoms with Gasteiger partial charge in [-0.1, -0.05) is 146 Å². The van der Waals surface area contributed by atoms with Gasteiger partial charge in [0, 0.05) is 32.7 Å². The van der Waals surface area contributed by atoms with Crippen molar-refractivity contribution < 1.29 is 8.83 Å². The summed E-state index contributed by atoms with van der Waals surface area (Å²) in [6.07, 6.45) is 0. The van der Waals surface area contributed by atoms with E-state index in [4.69, 9.17) is 8.83 Å². The molecule has 0 aliphatic carbocycles. The van der Waals surface area contributed by atoms with Crippen LogP contribution in [0.2, 0.25) is 0 Å². The lowest BCUT2D eigenvalue weighted by Gasteiger charge is -2.17. The van der Waals surface area contributed by atoms with Crippen LogP contribution in [0.5, 0.6) is 0 Å². The maximum absolute atomic E-state index is 6.98. The van der Waals surface area contributed by atoms with E-state index in [9.17, 15) is 0 Å². The van der Waals surface area contributed by atoms with Crippen LogP contribution in [0.1, 0.15) is 0 Å². The van der Waals surface area contributed by atoms with Crippen LogP contribution in [-0.2, 0) is 0 Å². The second kappa shape index (κ2) is 12.2. The highest BCUT2D eigenvalue weighted by Gasteiger charge is 2.23. The van der Waals surface area contributed by atoms with E-state index < -0.39 is 0 Å². The van der Waals surface area contributed by atoms with E-state index >= 15 is 0 Å². The Labute approximate surface area is 312 Å². The first-order valence-corrected chi connectivity index (χ1v) is 18.4. The molecular weight excluding hydrogens is 657 g/mol. The van der Waals surface area contributed by atoms with Gasteiger partial charge in [-0.2, -0.15) is 0 Å². The molecule has 252 valence electrons. The molecule has 0 spiro atoms. The van der Waals surface area contributed by atoms with Crippen molar-refractivity contribution in [3.63, 3.8) is 0 Å². The van der Waals surface area contributed by atoms with Crippen molar-refractivity contribution in [3.8, 4) is 55.6 Å².